The van der Waals surface area contributed by atoms with Gasteiger partial charge in [-0.15, -0.1) is 0 Å². The summed E-state index contributed by atoms with van der Waals surface area (Å²) in [4.78, 5) is 38.3. The van der Waals surface area contributed by atoms with Gasteiger partial charge in [0.25, 0.3) is 0 Å². The molecule has 0 saturated carbocycles. The molecular formula is C65H118O6. The summed E-state index contributed by atoms with van der Waals surface area (Å²) in [6.45, 7) is 6.64. The van der Waals surface area contributed by atoms with Crippen LogP contribution in [0.4, 0.5) is 0 Å². The molecule has 71 heavy (non-hydrogen) atoms. The van der Waals surface area contributed by atoms with Crippen LogP contribution >= 0.6 is 0 Å². The van der Waals surface area contributed by atoms with E-state index in [4.69, 9.17) is 14.2 Å². The molecule has 0 bridgehead atoms. The van der Waals surface area contributed by atoms with Crippen LogP contribution in [0, 0.1) is 0 Å². The Kier molecular flexibility index (Phi) is 57.7. The van der Waals surface area contributed by atoms with Crippen LogP contribution in [0.25, 0.3) is 0 Å². The monoisotopic (exact) mass is 995 g/mol. The molecule has 0 amide bonds. The molecule has 0 rings (SSSR count). The summed E-state index contributed by atoms with van der Waals surface area (Å²) >= 11 is 0. The first-order valence-corrected chi connectivity index (χ1v) is 31.1. The van der Waals surface area contributed by atoms with Gasteiger partial charge in [-0.1, -0.05) is 294 Å². The number of carbonyl (C=O) groups is 3. The van der Waals surface area contributed by atoms with Gasteiger partial charge in [0, 0.05) is 19.3 Å². The first-order chi connectivity index (χ1) is 35.0. The molecule has 0 radical (unpaired) electrons. The zero-order valence-electron chi connectivity index (χ0n) is 47.5. The van der Waals surface area contributed by atoms with Gasteiger partial charge < -0.3 is 14.2 Å². The molecule has 0 aromatic rings. The standard InChI is InChI=1S/C65H118O6/c1-4-7-10-13-16-19-22-25-28-30-32-34-37-40-43-46-49-52-55-58-64(67)70-61-62(60-69-63(66)57-54-51-48-45-42-39-36-27-24-21-18-15-12-9-6-3)71-65(68)59-56-53-50-47-44-41-38-35-33-31-29-26-23-20-17-14-11-8-5-2/h16,19,25,28,32,34,40,43,62H,4-15,17-18,20-24,26-27,29-31,33,35-39,41-42,44-61H2,1-3H3/b19-16-,28-25-,34-32-,43-40-/t62-/m0/s1. The van der Waals surface area contributed by atoms with Crippen molar-refractivity contribution in [2.24, 2.45) is 0 Å². The van der Waals surface area contributed by atoms with Crippen molar-refractivity contribution >= 4 is 17.9 Å². The average molecular weight is 996 g/mol. The predicted molar refractivity (Wildman–Crippen MR) is 307 cm³/mol. The highest BCUT2D eigenvalue weighted by molar-refractivity contribution is 5.71. The summed E-state index contributed by atoms with van der Waals surface area (Å²) in [6.07, 6.45) is 73.9. The number of ether oxygens (including phenoxy) is 3. The summed E-state index contributed by atoms with van der Waals surface area (Å²) in [5, 5.41) is 0. The molecule has 0 aliphatic carbocycles. The Morgan fingerprint density at radius 2 is 0.507 bits per heavy atom. The molecular weight excluding hydrogens is 877 g/mol. The van der Waals surface area contributed by atoms with Gasteiger partial charge in [0.1, 0.15) is 13.2 Å². The van der Waals surface area contributed by atoms with Gasteiger partial charge in [-0.2, -0.15) is 0 Å². The largest absolute Gasteiger partial charge is 0.462 e. The summed E-state index contributed by atoms with van der Waals surface area (Å²) in [7, 11) is 0. The predicted octanol–water partition coefficient (Wildman–Crippen LogP) is 21.0. The van der Waals surface area contributed by atoms with Crippen molar-refractivity contribution in [3.05, 3.63) is 48.6 Å². The molecule has 0 aromatic carbocycles. The van der Waals surface area contributed by atoms with E-state index in [0.717, 1.165) is 83.5 Å². The minimum atomic E-state index is -0.783. The van der Waals surface area contributed by atoms with Crippen molar-refractivity contribution in [1.82, 2.24) is 0 Å². The van der Waals surface area contributed by atoms with E-state index in [1.807, 2.05) is 0 Å². The highest BCUT2D eigenvalue weighted by Crippen LogP contribution is 2.17. The maximum atomic E-state index is 12.9. The normalized spacial score (nSPS) is 12.3. The lowest BCUT2D eigenvalue weighted by Gasteiger charge is -2.18. The Balaban J connectivity index is 4.38. The zero-order valence-corrected chi connectivity index (χ0v) is 47.5. The molecule has 0 spiro atoms. The second kappa shape index (κ2) is 59.9. The Hall–Kier alpha value is -2.63. The van der Waals surface area contributed by atoms with Crippen molar-refractivity contribution in [2.45, 2.75) is 335 Å². The first-order valence-electron chi connectivity index (χ1n) is 31.1. The van der Waals surface area contributed by atoms with E-state index >= 15 is 0 Å². The molecule has 1 atom stereocenters. The second-order valence-corrected chi connectivity index (χ2v) is 21.0. The zero-order chi connectivity index (χ0) is 51.4. The lowest BCUT2D eigenvalue weighted by Crippen LogP contribution is -2.30. The van der Waals surface area contributed by atoms with E-state index in [9.17, 15) is 14.4 Å². The van der Waals surface area contributed by atoms with Crippen LogP contribution in [0.15, 0.2) is 48.6 Å². The molecule has 0 heterocycles. The van der Waals surface area contributed by atoms with Crippen LogP contribution < -0.4 is 0 Å². The minimum absolute atomic E-state index is 0.0785. The van der Waals surface area contributed by atoms with E-state index in [0.29, 0.717) is 19.3 Å². The Morgan fingerprint density at radius 3 is 0.817 bits per heavy atom. The smallest absolute Gasteiger partial charge is 0.306 e. The Labute approximate surface area is 441 Å². The van der Waals surface area contributed by atoms with Crippen LogP contribution in [-0.4, -0.2) is 37.2 Å². The van der Waals surface area contributed by atoms with E-state index in [1.165, 1.54) is 205 Å². The number of hydrogen-bond donors (Lipinski definition) is 0. The van der Waals surface area contributed by atoms with Crippen molar-refractivity contribution in [3.8, 4) is 0 Å². The Morgan fingerprint density at radius 1 is 0.282 bits per heavy atom. The van der Waals surface area contributed by atoms with Crippen molar-refractivity contribution in [2.75, 3.05) is 13.2 Å². The number of rotatable bonds is 57. The van der Waals surface area contributed by atoms with Gasteiger partial charge in [-0.3, -0.25) is 14.4 Å². The fraction of sp³-hybridized carbons (Fsp3) is 0.831. The number of esters is 3. The molecule has 0 N–H and O–H groups in total. The van der Waals surface area contributed by atoms with Crippen LogP contribution in [0.3, 0.4) is 0 Å². The summed E-state index contributed by atoms with van der Waals surface area (Å²) in [5.74, 6) is -0.889. The third-order valence-electron chi connectivity index (χ3n) is 13.8. The molecule has 0 aliphatic heterocycles. The Bertz CT molecular complexity index is 1230. The molecule has 0 saturated heterocycles. The fourth-order valence-electron chi connectivity index (χ4n) is 9.13. The summed E-state index contributed by atoms with van der Waals surface area (Å²) in [6, 6.07) is 0. The van der Waals surface area contributed by atoms with Gasteiger partial charge in [0.05, 0.1) is 0 Å². The lowest BCUT2D eigenvalue weighted by atomic mass is 10.0. The van der Waals surface area contributed by atoms with Crippen LogP contribution in [-0.2, 0) is 28.6 Å². The van der Waals surface area contributed by atoms with Gasteiger partial charge in [0.15, 0.2) is 6.10 Å². The SMILES string of the molecule is CCCCC/C=C\C/C=C\C/C=C\C/C=C\CCCCCC(=O)OC[C@H](COC(=O)CCCCCCCCCCCCCCCCC)OC(=O)CCCCCCCCCCCCCCCCCCCCC. The lowest BCUT2D eigenvalue weighted by molar-refractivity contribution is -0.167. The summed E-state index contributed by atoms with van der Waals surface area (Å²) < 4.78 is 16.9. The highest BCUT2D eigenvalue weighted by Gasteiger charge is 2.19. The number of hydrogen-bond acceptors (Lipinski definition) is 6. The number of carbonyl (C=O) groups excluding carboxylic acids is 3. The fourth-order valence-corrected chi connectivity index (χ4v) is 9.13. The van der Waals surface area contributed by atoms with E-state index in [2.05, 4.69) is 69.4 Å². The van der Waals surface area contributed by atoms with Crippen LogP contribution in [0.1, 0.15) is 329 Å². The van der Waals surface area contributed by atoms with Gasteiger partial charge >= 0.3 is 17.9 Å². The molecule has 6 nitrogen and oxygen atoms in total. The second-order valence-electron chi connectivity index (χ2n) is 21.0. The van der Waals surface area contributed by atoms with E-state index in [-0.39, 0.29) is 31.1 Å². The molecule has 0 aromatic heterocycles. The van der Waals surface area contributed by atoms with Crippen LogP contribution in [0.5, 0.6) is 0 Å². The van der Waals surface area contributed by atoms with Gasteiger partial charge in [-0.05, 0) is 64.2 Å². The minimum Gasteiger partial charge on any atom is -0.462 e. The van der Waals surface area contributed by atoms with Crippen molar-refractivity contribution in [1.29, 1.82) is 0 Å². The third-order valence-corrected chi connectivity index (χ3v) is 13.8. The van der Waals surface area contributed by atoms with Gasteiger partial charge in [-0.25, -0.2) is 0 Å². The highest BCUT2D eigenvalue weighted by atomic mass is 16.6. The number of allylic oxidation sites excluding steroid dienone is 8. The quantitative estimate of drug-likeness (QED) is 0.0261. The van der Waals surface area contributed by atoms with E-state index in [1.54, 1.807) is 0 Å². The van der Waals surface area contributed by atoms with Crippen LogP contribution in [0.2, 0.25) is 0 Å². The topological polar surface area (TPSA) is 78.9 Å². The third kappa shape index (κ3) is 58.1. The van der Waals surface area contributed by atoms with E-state index < -0.39 is 6.10 Å². The molecule has 6 heteroatoms. The number of unbranched alkanes of at least 4 members (excludes halogenated alkanes) is 38. The van der Waals surface area contributed by atoms with Crippen molar-refractivity contribution < 1.29 is 28.6 Å². The molecule has 414 valence electrons. The maximum Gasteiger partial charge on any atom is 0.306 e. The average Bonchev–Trinajstić information content (AvgIpc) is 3.37. The first kappa shape index (κ1) is 68.4. The molecule has 0 aliphatic rings. The maximum absolute atomic E-state index is 12.9. The molecule has 0 fully saturated rings. The molecule has 0 unspecified atom stereocenters. The van der Waals surface area contributed by atoms with Gasteiger partial charge in [0.2, 0.25) is 0 Å². The summed E-state index contributed by atoms with van der Waals surface area (Å²) in [5.41, 5.74) is 0. The van der Waals surface area contributed by atoms with Crippen molar-refractivity contribution in [3.63, 3.8) is 0 Å².